The quantitative estimate of drug-likeness (QED) is 0.509. The molecule has 0 amide bonds. The van der Waals surface area contributed by atoms with Crippen molar-refractivity contribution in [3.63, 3.8) is 0 Å². The van der Waals surface area contributed by atoms with Gasteiger partial charge in [0.15, 0.2) is 0 Å². The third-order valence-corrected chi connectivity index (χ3v) is 6.14. The number of halogens is 1. The molecule has 0 aromatic rings. The van der Waals surface area contributed by atoms with Crippen molar-refractivity contribution >= 4 is 20.4 Å². The smallest absolute Gasteiger partial charge is 0.373 e. The molecule has 0 aromatic heterocycles. The van der Waals surface area contributed by atoms with Crippen molar-refractivity contribution in [3.05, 3.63) is 0 Å². The molecule has 0 aliphatic heterocycles. The highest BCUT2D eigenvalue weighted by atomic mass is 35.5. The van der Waals surface area contributed by atoms with Crippen molar-refractivity contribution < 1.29 is 13.3 Å². The molecule has 6 heteroatoms. The predicted octanol–water partition coefficient (Wildman–Crippen LogP) is 2.77. The Morgan fingerprint density at radius 3 is 1.33 bits per heavy atom. The first-order valence-corrected chi connectivity index (χ1v) is 8.80. The normalized spacial score (nSPS) is 13.2. The summed E-state index contributed by atoms with van der Waals surface area (Å²) in [7, 11) is 3.37. The Morgan fingerprint density at radius 2 is 1.17 bits per heavy atom. The first kappa shape index (κ1) is 20.7. The summed E-state index contributed by atoms with van der Waals surface area (Å²) in [5.74, 6) is 0. The highest BCUT2D eigenvalue weighted by Crippen LogP contribution is 2.22. The Hall–Kier alpha value is 0.347. The fraction of sp³-hybridized carbons (Fsp3) is 1.00. The lowest BCUT2D eigenvalue weighted by molar-refractivity contribution is 0.0686. The van der Waals surface area contributed by atoms with Gasteiger partial charge in [-0.25, -0.2) is 0 Å². The van der Waals surface area contributed by atoms with Gasteiger partial charge >= 0.3 is 8.80 Å². The van der Waals surface area contributed by atoms with Gasteiger partial charge in [-0.2, -0.15) is 0 Å². The Labute approximate surface area is 119 Å². The van der Waals surface area contributed by atoms with Gasteiger partial charge in [-0.1, -0.05) is 6.92 Å². The lowest BCUT2D eigenvalue weighted by Gasteiger charge is -2.31. The summed E-state index contributed by atoms with van der Waals surface area (Å²) in [6, 6.07) is 0. The summed E-state index contributed by atoms with van der Waals surface area (Å²) >= 11 is 6.21. The van der Waals surface area contributed by atoms with Crippen LogP contribution in [0.25, 0.3) is 0 Å². The monoisotopic (exact) mass is 299 g/mol. The van der Waals surface area contributed by atoms with Gasteiger partial charge in [-0.3, -0.25) is 0 Å². The number of hydrogen-bond acceptors (Lipinski definition) is 4. The van der Waals surface area contributed by atoms with Crippen molar-refractivity contribution in [3.8, 4) is 0 Å². The zero-order chi connectivity index (χ0) is 14.6. The van der Waals surface area contributed by atoms with Crippen LogP contribution in [0.1, 0.15) is 34.1 Å². The minimum absolute atomic E-state index is 0.151. The van der Waals surface area contributed by atoms with E-state index in [1.54, 1.807) is 0 Å². The zero-order valence-electron chi connectivity index (χ0n) is 13.0. The van der Waals surface area contributed by atoms with Gasteiger partial charge in [-0.15, -0.1) is 11.6 Å². The van der Waals surface area contributed by atoms with E-state index in [4.69, 9.17) is 24.9 Å². The first-order valence-electron chi connectivity index (χ1n) is 6.56. The molecule has 1 atom stereocenters. The summed E-state index contributed by atoms with van der Waals surface area (Å²) in [5, 5.41) is -0.151. The Balaban J connectivity index is 0. The molecule has 0 saturated carbocycles. The van der Waals surface area contributed by atoms with Crippen LogP contribution in [0.4, 0.5) is 0 Å². The average molecular weight is 300 g/mol. The molecule has 0 heterocycles. The average Bonchev–Trinajstić information content (AvgIpc) is 2.28. The summed E-state index contributed by atoms with van der Waals surface area (Å²) in [6.45, 7) is 9.54. The molecular formula is C12H30ClNO3Si. The van der Waals surface area contributed by atoms with Gasteiger partial charge in [0.2, 0.25) is 0 Å². The van der Waals surface area contributed by atoms with Crippen LogP contribution in [0.3, 0.4) is 0 Å². The van der Waals surface area contributed by atoms with Crippen LogP contribution in [-0.2, 0) is 13.3 Å². The van der Waals surface area contributed by atoms with Gasteiger partial charge in [0.1, 0.15) is 5.00 Å². The van der Waals surface area contributed by atoms with E-state index in [9.17, 15) is 0 Å². The van der Waals surface area contributed by atoms with E-state index in [0.717, 1.165) is 6.42 Å². The molecule has 0 saturated heterocycles. The van der Waals surface area contributed by atoms with Crippen LogP contribution in [0.15, 0.2) is 0 Å². The molecule has 4 nitrogen and oxygen atoms in total. The number of alkyl halides is 1. The minimum Gasteiger partial charge on any atom is -0.373 e. The maximum Gasteiger partial charge on any atom is 0.519 e. The van der Waals surface area contributed by atoms with Crippen molar-refractivity contribution in [2.24, 2.45) is 0 Å². The lowest BCUT2D eigenvalue weighted by atomic mass is 10.6. The number of hydrogen-bond donors (Lipinski definition) is 0. The molecule has 0 spiro atoms. The minimum atomic E-state index is -2.63. The van der Waals surface area contributed by atoms with Crippen LogP contribution in [0.5, 0.6) is 0 Å². The molecule has 0 aliphatic rings. The second-order valence-electron chi connectivity index (χ2n) is 4.12. The molecule has 1 unspecified atom stereocenters. The zero-order valence-corrected chi connectivity index (χ0v) is 14.7. The molecule has 0 N–H and O–H groups in total. The maximum absolute atomic E-state index is 6.21. The SMILES string of the molecule is CCO[Si](OCC)(OCC)C(Cl)CC.CN(C)C. The standard InChI is InChI=1S/C9H21ClO3Si.C3H9N/c1-5-9(10)14(11-6-2,12-7-3)13-8-4;1-4(2)3/h9H,5-8H2,1-4H3;1-3H3. The fourth-order valence-corrected chi connectivity index (χ4v) is 4.32. The Morgan fingerprint density at radius 1 is 0.889 bits per heavy atom. The van der Waals surface area contributed by atoms with E-state index in [0.29, 0.717) is 19.8 Å². The van der Waals surface area contributed by atoms with E-state index in [1.807, 2.05) is 53.7 Å². The molecule has 0 radical (unpaired) electrons. The fourth-order valence-electron chi connectivity index (χ4n) is 1.25. The van der Waals surface area contributed by atoms with Crippen molar-refractivity contribution in [1.29, 1.82) is 0 Å². The number of nitrogens with zero attached hydrogens (tertiary/aromatic N) is 1. The third-order valence-electron chi connectivity index (χ3n) is 1.78. The molecular weight excluding hydrogens is 270 g/mol. The first-order chi connectivity index (χ1) is 8.40. The molecule has 0 aromatic carbocycles. The van der Waals surface area contributed by atoms with E-state index >= 15 is 0 Å². The molecule has 0 rings (SSSR count). The van der Waals surface area contributed by atoms with Gasteiger partial charge in [-0.05, 0) is 48.3 Å². The molecule has 0 bridgehead atoms. The van der Waals surface area contributed by atoms with Crippen LogP contribution in [-0.4, -0.2) is 59.7 Å². The molecule has 0 fully saturated rings. The van der Waals surface area contributed by atoms with Gasteiger partial charge in [0.25, 0.3) is 0 Å². The molecule has 0 aliphatic carbocycles. The highest BCUT2D eigenvalue weighted by molar-refractivity contribution is 6.71. The van der Waals surface area contributed by atoms with Crippen molar-refractivity contribution in [2.75, 3.05) is 41.0 Å². The Kier molecular flexibility index (Phi) is 14.2. The topological polar surface area (TPSA) is 30.9 Å². The van der Waals surface area contributed by atoms with Gasteiger partial charge < -0.3 is 18.2 Å². The van der Waals surface area contributed by atoms with E-state index in [1.165, 1.54) is 0 Å². The van der Waals surface area contributed by atoms with Crippen molar-refractivity contribution in [1.82, 2.24) is 4.90 Å². The highest BCUT2D eigenvalue weighted by Gasteiger charge is 2.47. The molecule has 18 heavy (non-hydrogen) atoms. The van der Waals surface area contributed by atoms with Gasteiger partial charge in [0.05, 0.1) is 0 Å². The van der Waals surface area contributed by atoms with Crippen LogP contribution in [0, 0.1) is 0 Å². The number of rotatable bonds is 8. The van der Waals surface area contributed by atoms with Gasteiger partial charge in [0, 0.05) is 19.8 Å². The van der Waals surface area contributed by atoms with Crippen LogP contribution < -0.4 is 0 Å². The Bertz CT molecular complexity index is 165. The van der Waals surface area contributed by atoms with Crippen molar-refractivity contribution in [2.45, 2.75) is 39.1 Å². The van der Waals surface area contributed by atoms with E-state index < -0.39 is 8.80 Å². The lowest BCUT2D eigenvalue weighted by Crippen LogP contribution is -2.54. The largest absolute Gasteiger partial charge is 0.519 e. The third kappa shape index (κ3) is 9.30. The van der Waals surface area contributed by atoms with E-state index in [2.05, 4.69) is 0 Å². The van der Waals surface area contributed by atoms with E-state index in [-0.39, 0.29) is 5.00 Å². The summed E-state index contributed by atoms with van der Waals surface area (Å²) in [4.78, 5) is 2.00. The summed E-state index contributed by atoms with van der Waals surface area (Å²) < 4.78 is 16.9. The van der Waals surface area contributed by atoms with Crippen LogP contribution in [0.2, 0.25) is 0 Å². The second-order valence-corrected chi connectivity index (χ2v) is 7.78. The second kappa shape index (κ2) is 12.4. The maximum atomic E-state index is 6.21. The van der Waals surface area contributed by atoms with Crippen LogP contribution >= 0.6 is 11.6 Å². The summed E-state index contributed by atoms with van der Waals surface area (Å²) in [5.41, 5.74) is 0. The predicted molar refractivity (Wildman–Crippen MR) is 80.2 cm³/mol. The molecule has 112 valence electrons. The summed E-state index contributed by atoms with van der Waals surface area (Å²) in [6.07, 6.45) is 0.799.